The molecule has 0 radical (unpaired) electrons. The maximum Gasteiger partial charge on any atom is 0.133 e. The summed E-state index contributed by atoms with van der Waals surface area (Å²) in [4.78, 5) is 11.8. The molecule has 0 saturated heterocycles. The van der Waals surface area contributed by atoms with E-state index in [1.165, 1.54) is 5.57 Å². The highest BCUT2D eigenvalue weighted by atomic mass is 16.3. The summed E-state index contributed by atoms with van der Waals surface area (Å²) in [5, 5.41) is 10.3. The fourth-order valence-corrected chi connectivity index (χ4v) is 4.21. The molecular weight excluding hydrogens is 212 g/mol. The third-order valence-corrected chi connectivity index (χ3v) is 4.89. The SMILES string of the molecule is C=C1C[C@@H](O)[C@H](C(C)C)[C@@H]2[C@@H]1CC[C@H]2C(C)=O. The van der Waals surface area contributed by atoms with Crippen LogP contribution >= 0.6 is 0 Å². The van der Waals surface area contributed by atoms with Crippen LogP contribution in [0.3, 0.4) is 0 Å². The standard InChI is InChI=1S/C15H24O2/c1-8(2)14-13(17)7-9(3)11-5-6-12(10(4)16)15(11)14/h8,11-15,17H,3,5-7H2,1-2,4H3/t11-,12+,13-,14+,15-/m1/s1. The molecule has 0 spiro atoms. The van der Waals surface area contributed by atoms with E-state index in [4.69, 9.17) is 0 Å². The molecule has 2 aliphatic carbocycles. The van der Waals surface area contributed by atoms with Gasteiger partial charge in [0.05, 0.1) is 6.10 Å². The van der Waals surface area contributed by atoms with Crippen LogP contribution in [-0.2, 0) is 4.79 Å². The summed E-state index contributed by atoms with van der Waals surface area (Å²) in [6.07, 6.45) is 2.50. The summed E-state index contributed by atoms with van der Waals surface area (Å²) in [5.74, 6) is 1.96. The second-order valence-electron chi connectivity index (χ2n) is 6.23. The third kappa shape index (κ3) is 2.08. The van der Waals surface area contributed by atoms with Gasteiger partial charge in [0.2, 0.25) is 0 Å². The first-order chi connectivity index (χ1) is 7.93. The molecule has 2 heteroatoms. The second kappa shape index (κ2) is 4.56. The topological polar surface area (TPSA) is 37.3 Å². The average Bonchev–Trinajstić information content (AvgIpc) is 2.61. The lowest BCUT2D eigenvalue weighted by Gasteiger charge is -2.43. The number of aliphatic hydroxyl groups excluding tert-OH is 1. The monoisotopic (exact) mass is 236 g/mol. The smallest absolute Gasteiger partial charge is 0.133 e. The van der Waals surface area contributed by atoms with Crippen molar-refractivity contribution < 1.29 is 9.90 Å². The van der Waals surface area contributed by atoms with Crippen LogP contribution < -0.4 is 0 Å². The molecule has 0 amide bonds. The molecule has 5 atom stereocenters. The molecule has 0 heterocycles. The maximum atomic E-state index is 11.8. The molecule has 2 aliphatic rings. The van der Waals surface area contributed by atoms with Crippen molar-refractivity contribution in [3.05, 3.63) is 12.2 Å². The Labute approximate surface area is 104 Å². The van der Waals surface area contributed by atoms with Gasteiger partial charge in [-0.1, -0.05) is 26.0 Å². The van der Waals surface area contributed by atoms with E-state index in [1.807, 2.05) is 0 Å². The molecule has 96 valence electrons. The van der Waals surface area contributed by atoms with Gasteiger partial charge < -0.3 is 5.11 Å². The molecule has 2 fully saturated rings. The molecule has 2 nitrogen and oxygen atoms in total. The number of rotatable bonds is 2. The third-order valence-electron chi connectivity index (χ3n) is 4.89. The Kier molecular flexibility index (Phi) is 3.44. The first-order valence-electron chi connectivity index (χ1n) is 6.79. The zero-order valence-electron chi connectivity index (χ0n) is 11.1. The van der Waals surface area contributed by atoms with Gasteiger partial charge in [0, 0.05) is 5.92 Å². The average molecular weight is 236 g/mol. The van der Waals surface area contributed by atoms with Gasteiger partial charge in [0.25, 0.3) is 0 Å². The molecule has 0 aromatic rings. The lowest BCUT2D eigenvalue weighted by atomic mass is 9.63. The van der Waals surface area contributed by atoms with Crippen LogP contribution in [0.1, 0.15) is 40.0 Å². The predicted octanol–water partition coefficient (Wildman–Crippen LogP) is 2.81. The molecule has 0 unspecified atom stereocenters. The van der Waals surface area contributed by atoms with Crippen LogP contribution in [-0.4, -0.2) is 17.0 Å². The fourth-order valence-electron chi connectivity index (χ4n) is 4.21. The van der Waals surface area contributed by atoms with E-state index in [1.54, 1.807) is 6.92 Å². The van der Waals surface area contributed by atoms with Crippen molar-refractivity contribution in [1.82, 2.24) is 0 Å². The fraction of sp³-hybridized carbons (Fsp3) is 0.800. The van der Waals surface area contributed by atoms with Gasteiger partial charge in [0.1, 0.15) is 5.78 Å². The Morgan fingerprint density at radius 2 is 2.06 bits per heavy atom. The van der Waals surface area contributed by atoms with E-state index in [0.717, 1.165) is 19.3 Å². The molecule has 2 saturated carbocycles. The zero-order valence-corrected chi connectivity index (χ0v) is 11.1. The van der Waals surface area contributed by atoms with Crippen molar-refractivity contribution in [3.63, 3.8) is 0 Å². The minimum Gasteiger partial charge on any atom is -0.392 e. The van der Waals surface area contributed by atoms with Crippen molar-refractivity contribution in [1.29, 1.82) is 0 Å². The maximum absolute atomic E-state index is 11.8. The molecule has 0 bridgehead atoms. The first kappa shape index (κ1) is 12.8. The number of hydrogen-bond acceptors (Lipinski definition) is 2. The summed E-state index contributed by atoms with van der Waals surface area (Å²) in [6.45, 7) is 10.1. The van der Waals surface area contributed by atoms with Crippen molar-refractivity contribution in [2.45, 2.75) is 46.1 Å². The highest BCUT2D eigenvalue weighted by molar-refractivity contribution is 5.79. The van der Waals surface area contributed by atoms with E-state index in [-0.39, 0.29) is 17.9 Å². The molecule has 0 aromatic carbocycles. The Morgan fingerprint density at radius 1 is 1.41 bits per heavy atom. The lowest BCUT2D eigenvalue weighted by molar-refractivity contribution is -0.124. The molecule has 17 heavy (non-hydrogen) atoms. The summed E-state index contributed by atoms with van der Waals surface area (Å²) in [5.41, 5.74) is 1.17. The Hall–Kier alpha value is -0.630. The van der Waals surface area contributed by atoms with Crippen LogP contribution in [0.25, 0.3) is 0 Å². The van der Waals surface area contributed by atoms with Gasteiger partial charge in [-0.3, -0.25) is 4.79 Å². The largest absolute Gasteiger partial charge is 0.392 e. The molecular formula is C15H24O2. The van der Waals surface area contributed by atoms with Crippen LogP contribution in [0.4, 0.5) is 0 Å². The predicted molar refractivity (Wildman–Crippen MR) is 68.5 cm³/mol. The Bertz CT molecular complexity index is 326. The lowest BCUT2D eigenvalue weighted by Crippen LogP contribution is -2.43. The first-order valence-corrected chi connectivity index (χ1v) is 6.79. The number of aliphatic hydroxyl groups is 1. The quantitative estimate of drug-likeness (QED) is 0.749. The summed E-state index contributed by atoms with van der Waals surface area (Å²) >= 11 is 0. The van der Waals surface area contributed by atoms with E-state index in [9.17, 15) is 9.90 Å². The van der Waals surface area contributed by atoms with Gasteiger partial charge in [-0.2, -0.15) is 0 Å². The minimum absolute atomic E-state index is 0.152. The molecule has 0 aromatic heterocycles. The molecule has 0 aliphatic heterocycles. The van der Waals surface area contributed by atoms with Crippen LogP contribution in [0, 0.1) is 29.6 Å². The van der Waals surface area contributed by atoms with Crippen molar-refractivity contribution in [3.8, 4) is 0 Å². The van der Waals surface area contributed by atoms with Gasteiger partial charge in [-0.15, -0.1) is 0 Å². The van der Waals surface area contributed by atoms with Gasteiger partial charge in [0.15, 0.2) is 0 Å². The number of fused-ring (bicyclic) bond motifs is 1. The van der Waals surface area contributed by atoms with E-state index in [2.05, 4.69) is 20.4 Å². The van der Waals surface area contributed by atoms with Gasteiger partial charge in [-0.05, 0) is 49.9 Å². The summed E-state index contributed by atoms with van der Waals surface area (Å²) in [6, 6.07) is 0. The van der Waals surface area contributed by atoms with E-state index in [0.29, 0.717) is 23.5 Å². The van der Waals surface area contributed by atoms with Crippen LogP contribution in [0.2, 0.25) is 0 Å². The highest BCUT2D eigenvalue weighted by Gasteiger charge is 2.50. The zero-order chi connectivity index (χ0) is 12.7. The van der Waals surface area contributed by atoms with Crippen LogP contribution in [0.15, 0.2) is 12.2 Å². The number of carbonyl (C=O) groups excluding carboxylic acids is 1. The van der Waals surface area contributed by atoms with Crippen LogP contribution in [0.5, 0.6) is 0 Å². The normalized spacial score (nSPS) is 41.7. The summed E-state index contributed by atoms with van der Waals surface area (Å²) in [7, 11) is 0. The van der Waals surface area contributed by atoms with E-state index >= 15 is 0 Å². The van der Waals surface area contributed by atoms with E-state index < -0.39 is 0 Å². The van der Waals surface area contributed by atoms with Crippen molar-refractivity contribution in [2.24, 2.45) is 29.6 Å². The number of ketones is 1. The van der Waals surface area contributed by atoms with Crippen molar-refractivity contribution in [2.75, 3.05) is 0 Å². The summed E-state index contributed by atoms with van der Waals surface area (Å²) < 4.78 is 0. The van der Waals surface area contributed by atoms with Crippen molar-refractivity contribution >= 4 is 5.78 Å². The Balaban J connectivity index is 2.32. The number of hydrogen-bond donors (Lipinski definition) is 1. The minimum atomic E-state index is -0.302. The Morgan fingerprint density at radius 3 is 2.59 bits per heavy atom. The second-order valence-corrected chi connectivity index (χ2v) is 6.23. The number of carbonyl (C=O) groups is 1. The molecule has 1 N–H and O–H groups in total. The number of Topliss-reactive ketones (excluding diaryl/α,β-unsaturated/α-hetero) is 1. The highest BCUT2D eigenvalue weighted by Crippen LogP contribution is 2.52. The van der Waals surface area contributed by atoms with Gasteiger partial charge >= 0.3 is 0 Å². The van der Waals surface area contributed by atoms with Gasteiger partial charge in [-0.25, -0.2) is 0 Å². The molecule has 2 rings (SSSR count).